The summed E-state index contributed by atoms with van der Waals surface area (Å²) in [4.78, 5) is 22.0. The summed E-state index contributed by atoms with van der Waals surface area (Å²) >= 11 is 8.14. The highest BCUT2D eigenvalue weighted by Crippen LogP contribution is 2.35. The van der Waals surface area contributed by atoms with E-state index in [1.54, 1.807) is 0 Å². The second kappa shape index (κ2) is 12.2. The fourth-order valence-electron chi connectivity index (χ4n) is 3.87. The summed E-state index contributed by atoms with van der Waals surface area (Å²) in [5.41, 5.74) is 2.29. The molecule has 202 valence electrons. The number of hydrogen-bond acceptors (Lipinski definition) is 7. The molecule has 1 amide bonds. The number of thiazole rings is 1. The first kappa shape index (κ1) is 27.8. The van der Waals surface area contributed by atoms with Gasteiger partial charge in [-0.15, -0.1) is 21.5 Å². The van der Waals surface area contributed by atoms with Gasteiger partial charge in [-0.3, -0.25) is 4.79 Å². The third kappa shape index (κ3) is 6.85. The van der Waals surface area contributed by atoms with E-state index in [1.165, 1.54) is 18.3 Å². The number of rotatable bonds is 8. The molecule has 12 heteroatoms. The number of thioether (sulfide) groups is 1. The third-order valence-corrected chi connectivity index (χ3v) is 7.62. The predicted octanol–water partition coefficient (Wildman–Crippen LogP) is 7.66. The zero-order valence-corrected chi connectivity index (χ0v) is 22.9. The number of amides is 1. The average molecular weight is 598 g/mol. The van der Waals surface area contributed by atoms with Crippen molar-refractivity contribution in [2.24, 2.45) is 0 Å². The van der Waals surface area contributed by atoms with Crippen LogP contribution in [0.4, 0.5) is 18.3 Å². The lowest BCUT2D eigenvalue weighted by Gasteiger charge is -2.12. The standard InChI is InChI=1S/C28H19ClF3N5OS2/c29-20-11-12-22(28(30,31)32)19(13-20)14-21-15-33-26(40-21)34-23(38)16-39-27-35-24(17-7-3-1-4-8-17)25(36-37-27)18-9-5-2-6-10-18/h1-13,15H,14,16H2,(H,33,34,38). The molecule has 5 aromatic rings. The Morgan fingerprint density at radius 3 is 2.27 bits per heavy atom. The molecule has 0 saturated carbocycles. The van der Waals surface area contributed by atoms with Gasteiger partial charge in [0.25, 0.3) is 0 Å². The number of carbonyl (C=O) groups is 1. The first-order valence-corrected chi connectivity index (χ1v) is 14.0. The van der Waals surface area contributed by atoms with Gasteiger partial charge in [0.15, 0.2) is 5.13 Å². The van der Waals surface area contributed by atoms with Gasteiger partial charge < -0.3 is 5.32 Å². The molecule has 0 aliphatic heterocycles. The topological polar surface area (TPSA) is 80.7 Å². The Kier molecular flexibility index (Phi) is 8.43. The molecule has 0 saturated heterocycles. The lowest BCUT2D eigenvalue weighted by molar-refractivity contribution is -0.138. The molecule has 0 atom stereocenters. The lowest BCUT2D eigenvalue weighted by Crippen LogP contribution is -2.14. The van der Waals surface area contributed by atoms with Gasteiger partial charge in [-0.05, 0) is 23.8 Å². The van der Waals surface area contributed by atoms with E-state index < -0.39 is 11.7 Å². The molecule has 0 aliphatic rings. The van der Waals surface area contributed by atoms with Crippen LogP contribution in [0.2, 0.25) is 5.02 Å². The van der Waals surface area contributed by atoms with Crippen LogP contribution in [0.1, 0.15) is 16.0 Å². The number of halogens is 4. The highest BCUT2D eigenvalue weighted by Gasteiger charge is 2.33. The number of benzene rings is 3. The van der Waals surface area contributed by atoms with Crippen molar-refractivity contribution >= 4 is 45.7 Å². The van der Waals surface area contributed by atoms with Crippen LogP contribution in [0.25, 0.3) is 22.5 Å². The maximum atomic E-state index is 13.4. The van der Waals surface area contributed by atoms with E-state index >= 15 is 0 Å². The maximum Gasteiger partial charge on any atom is 0.416 e. The maximum absolute atomic E-state index is 13.4. The van der Waals surface area contributed by atoms with E-state index in [2.05, 4.69) is 25.5 Å². The van der Waals surface area contributed by atoms with Crippen molar-refractivity contribution in [1.29, 1.82) is 0 Å². The van der Waals surface area contributed by atoms with Gasteiger partial charge in [0.2, 0.25) is 11.1 Å². The number of aromatic nitrogens is 4. The van der Waals surface area contributed by atoms with E-state index in [4.69, 9.17) is 11.6 Å². The Labute approximate surface area is 240 Å². The van der Waals surface area contributed by atoms with Crippen molar-refractivity contribution in [3.63, 3.8) is 0 Å². The lowest BCUT2D eigenvalue weighted by atomic mass is 10.0. The largest absolute Gasteiger partial charge is 0.416 e. The number of nitrogens with zero attached hydrogens (tertiary/aromatic N) is 4. The van der Waals surface area contributed by atoms with Crippen LogP contribution in [-0.2, 0) is 17.4 Å². The van der Waals surface area contributed by atoms with Gasteiger partial charge in [-0.25, -0.2) is 9.97 Å². The fourth-order valence-corrected chi connectivity index (χ4v) is 5.50. The van der Waals surface area contributed by atoms with Crippen molar-refractivity contribution in [3.05, 3.63) is 106 Å². The summed E-state index contributed by atoms with van der Waals surface area (Å²) in [6.45, 7) is 0. The summed E-state index contributed by atoms with van der Waals surface area (Å²) in [7, 11) is 0. The van der Waals surface area contributed by atoms with Gasteiger partial charge in [0.05, 0.1) is 11.3 Å². The summed E-state index contributed by atoms with van der Waals surface area (Å²) in [5, 5.41) is 12.1. The Balaban J connectivity index is 1.26. The normalized spacial score (nSPS) is 11.4. The van der Waals surface area contributed by atoms with Gasteiger partial charge in [0.1, 0.15) is 11.4 Å². The molecular weight excluding hydrogens is 579 g/mol. The van der Waals surface area contributed by atoms with Crippen molar-refractivity contribution in [2.75, 3.05) is 11.1 Å². The fraction of sp³-hybridized carbons (Fsp3) is 0.107. The highest BCUT2D eigenvalue weighted by molar-refractivity contribution is 7.99. The van der Waals surface area contributed by atoms with Gasteiger partial charge >= 0.3 is 6.18 Å². The molecular formula is C28H19ClF3N5OS2. The third-order valence-electron chi connectivity index (χ3n) is 5.63. The van der Waals surface area contributed by atoms with E-state index in [9.17, 15) is 18.0 Å². The van der Waals surface area contributed by atoms with Crippen LogP contribution in [0.5, 0.6) is 0 Å². The predicted molar refractivity (Wildman–Crippen MR) is 151 cm³/mol. The van der Waals surface area contributed by atoms with Gasteiger partial charge in [-0.2, -0.15) is 13.2 Å². The Hall–Kier alpha value is -3.80. The molecule has 2 aromatic heterocycles. The van der Waals surface area contributed by atoms with Crippen molar-refractivity contribution < 1.29 is 18.0 Å². The Morgan fingerprint density at radius 1 is 0.925 bits per heavy atom. The number of nitrogens with one attached hydrogen (secondary N) is 1. The van der Waals surface area contributed by atoms with E-state index in [0.717, 1.165) is 40.3 Å². The second-order valence-corrected chi connectivity index (χ2v) is 11.0. The highest BCUT2D eigenvalue weighted by atomic mass is 35.5. The average Bonchev–Trinajstić information content (AvgIpc) is 3.38. The molecule has 0 bridgehead atoms. The van der Waals surface area contributed by atoms with Crippen LogP contribution >= 0.6 is 34.7 Å². The zero-order valence-electron chi connectivity index (χ0n) is 20.5. The zero-order chi connectivity index (χ0) is 28.1. The van der Waals surface area contributed by atoms with Gasteiger partial charge in [-0.1, -0.05) is 84.0 Å². The van der Waals surface area contributed by atoms with Crippen molar-refractivity contribution in [3.8, 4) is 22.5 Å². The number of carbonyl (C=O) groups excluding carboxylic acids is 1. The molecule has 40 heavy (non-hydrogen) atoms. The smallest absolute Gasteiger partial charge is 0.301 e. The Morgan fingerprint density at radius 2 is 1.60 bits per heavy atom. The van der Waals surface area contributed by atoms with Crippen LogP contribution < -0.4 is 5.32 Å². The van der Waals surface area contributed by atoms with Crippen molar-refractivity contribution in [1.82, 2.24) is 20.2 Å². The van der Waals surface area contributed by atoms with Crippen LogP contribution in [-0.4, -0.2) is 31.8 Å². The first-order valence-electron chi connectivity index (χ1n) is 11.8. The van der Waals surface area contributed by atoms with E-state index in [0.29, 0.717) is 21.4 Å². The first-order chi connectivity index (χ1) is 19.3. The quantitative estimate of drug-likeness (QED) is 0.185. The minimum atomic E-state index is -4.50. The van der Waals surface area contributed by atoms with E-state index in [1.807, 2.05) is 60.7 Å². The SMILES string of the molecule is O=C(CSc1nnc(-c2ccccc2)c(-c2ccccc2)n1)Nc1ncc(Cc2cc(Cl)ccc2C(F)(F)F)s1. The Bertz CT molecular complexity index is 1630. The summed E-state index contributed by atoms with van der Waals surface area (Å²) < 4.78 is 40.2. The number of hydrogen-bond donors (Lipinski definition) is 1. The second-order valence-electron chi connectivity index (χ2n) is 8.47. The molecule has 0 spiro atoms. The number of alkyl halides is 3. The molecule has 0 fully saturated rings. The van der Waals surface area contributed by atoms with Crippen LogP contribution in [0.15, 0.2) is 90.2 Å². The number of anilines is 1. The molecule has 0 radical (unpaired) electrons. The summed E-state index contributed by atoms with van der Waals surface area (Å²) in [6.07, 6.45) is -3.08. The molecule has 0 unspecified atom stereocenters. The van der Waals surface area contributed by atoms with Gasteiger partial charge in [0, 0.05) is 33.6 Å². The molecule has 1 N–H and O–H groups in total. The van der Waals surface area contributed by atoms with E-state index in [-0.39, 0.29) is 33.8 Å². The summed E-state index contributed by atoms with van der Waals surface area (Å²) in [6, 6.07) is 22.6. The van der Waals surface area contributed by atoms with Crippen LogP contribution in [0, 0.1) is 0 Å². The molecule has 0 aliphatic carbocycles. The van der Waals surface area contributed by atoms with Crippen LogP contribution in [0.3, 0.4) is 0 Å². The summed E-state index contributed by atoms with van der Waals surface area (Å²) in [5.74, 6) is -0.371. The minimum Gasteiger partial charge on any atom is -0.301 e. The molecule has 6 nitrogen and oxygen atoms in total. The molecule has 2 heterocycles. The van der Waals surface area contributed by atoms with Crippen molar-refractivity contribution in [2.45, 2.75) is 17.8 Å². The monoisotopic (exact) mass is 597 g/mol. The molecule has 3 aromatic carbocycles. The molecule has 5 rings (SSSR count). The minimum absolute atomic E-state index is 0.0119.